The largest absolute Gasteiger partial charge is 0.382 e. The van der Waals surface area contributed by atoms with Gasteiger partial charge in [0.15, 0.2) is 5.78 Å². The molecule has 0 aromatic heterocycles. The van der Waals surface area contributed by atoms with Crippen molar-refractivity contribution in [1.82, 2.24) is 4.90 Å². The van der Waals surface area contributed by atoms with E-state index in [9.17, 15) is 9.59 Å². The Balaban J connectivity index is 1.92. The second-order valence-electron chi connectivity index (χ2n) is 7.02. The average molecular weight is 367 g/mol. The van der Waals surface area contributed by atoms with Gasteiger partial charge < -0.3 is 16.0 Å². The number of likely N-dealkylation sites (tertiary alicyclic amines) is 1. The van der Waals surface area contributed by atoms with Gasteiger partial charge in [-0.1, -0.05) is 30.9 Å². The summed E-state index contributed by atoms with van der Waals surface area (Å²) in [7, 11) is 2.17. The van der Waals surface area contributed by atoms with Crippen molar-refractivity contribution in [1.29, 1.82) is 0 Å². The fourth-order valence-corrected chi connectivity index (χ4v) is 3.05. The highest BCUT2D eigenvalue weighted by Gasteiger charge is 2.17. The maximum atomic E-state index is 11.5. The van der Waals surface area contributed by atoms with Gasteiger partial charge in [0.1, 0.15) is 0 Å². The van der Waals surface area contributed by atoms with E-state index in [1.807, 2.05) is 0 Å². The van der Waals surface area contributed by atoms with E-state index in [-0.39, 0.29) is 5.78 Å². The van der Waals surface area contributed by atoms with Crippen molar-refractivity contribution in [2.24, 2.45) is 5.73 Å². The smallest absolute Gasteiger partial charge is 0.248 e. The molecular weight excluding hydrogens is 338 g/mol. The van der Waals surface area contributed by atoms with Gasteiger partial charge in [0.05, 0.1) is 0 Å². The third kappa shape index (κ3) is 6.53. The molecule has 2 rings (SSSR count). The van der Waals surface area contributed by atoms with Crippen LogP contribution in [0.1, 0.15) is 31.2 Å². The van der Waals surface area contributed by atoms with Crippen molar-refractivity contribution in [2.75, 3.05) is 32.0 Å². The molecule has 1 aromatic carbocycles. The van der Waals surface area contributed by atoms with Gasteiger partial charge in [-0.3, -0.25) is 9.59 Å². The normalized spacial score (nSPS) is 16.4. The number of nitrogens with two attached hydrogens (primary N) is 1. The molecule has 0 radical (unpaired) electrons. The lowest BCUT2D eigenvalue weighted by Crippen LogP contribution is -2.29. The lowest BCUT2D eigenvalue weighted by atomic mass is 9.89. The van der Waals surface area contributed by atoms with Crippen LogP contribution in [-0.2, 0) is 9.59 Å². The minimum atomic E-state index is -0.540. The molecule has 5 nitrogen and oxygen atoms in total. The summed E-state index contributed by atoms with van der Waals surface area (Å²) in [5, 5.41) is 3.26. The number of ketones is 1. The Bertz CT molecular complexity index is 739. The zero-order valence-corrected chi connectivity index (χ0v) is 16.2. The Morgan fingerprint density at radius 3 is 2.41 bits per heavy atom. The first-order valence-electron chi connectivity index (χ1n) is 9.27. The fourth-order valence-electron chi connectivity index (χ4n) is 3.05. The summed E-state index contributed by atoms with van der Waals surface area (Å²) in [6.45, 7) is 7.81. The second kappa shape index (κ2) is 9.88. The third-order valence-electron chi connectivity index (χ3n) is 4.93. The van der Waals surface area contributed by atoms with Crippen LogP contribution in [0.5, 0.6) is 0 Å². The van der Waals surface area contributed by atoms with Gasteiger partial charge in [-0.05, 0) is 69.6 Å². The molecule has 1 heterocycles. The molecule has 144 valence electrons. The predicted octanol–water partition coefficient (Wildman–Crippen LogP) is 3.02. The van der Waals surface area contributed by atoms with Crippen molar-refractivity contribution in [2.45, 2.75) is 25.7 Å². The SMILES string of the molecule is C=C(/C=C\C(=C/CNc1ccc(C2CCN(C)CC2)cc1)C(N)=O)C(C)=O. The van der Waals surface area contributed by atoms with Crippen LogP contribution >= 0.6 is 0 Å². The van der Waals surface area contributed by atoms with Gasteiger partial charge in [0, 0.05) is 23.4 Å². The summed E-state index contributed by atoms with van der Waals surface area (Å²) in [6.07, 6.45) is 7.14. The summed E-state index contributed by atoms with van der Waals surface area (Å²) in [5.74, 6) is -0.0453. The molecule has 1 amide bonds. The number of benzene rings is 1. The van der Waals surface area contributed by atoms with Gasteiger partial charge in [0.25, 0.3) is 0 Å². The summed E-state index contributed by atoms with van der Waals surface area (Å²) in [5.41, 5.74) is 8.43. The Hall–Kier alpha value is -2.66. The highest BCUT2D eigenvalue weighted by Crippen LogP contribution is 2.28. The van der Waals surface area contributed by atoms with Gasteiger partial charge >= 0.3 is 0 Å². The molecule has 1 saturated heterocycles. The highest BCUT2D eigenvalue weighted by molar-refractivity contribution is 5.98. The highest BCUT2D eigenvalue weighted by atomic mass is 16.1. The number of primary amides is 1. The van der Waals surface area contributed by atoms with Gasteiger partial charge in [-0.25, -0.2) is 0 Å². The number of rotatable bonds is 8. The maximum absolute atomic E-state index is 11.5. The molecule has 0 atom stereocenters. The predicted molar refractivity (Wildman–Crippen MR) is 111 cm³/mol. The molecule has 0 spiro atoms. The van der Waals surface area contributed by atoms with Crippen LogP contribution in [0, 0.1) is 0 Å². The molecule has 1 aromatic rings. The van der Waals surface area contributed by atoms with Crippen molar-refractivity contribution in [3.63, 3.8) is 0 Å². The summed E-state index contributed by atoms with van der Waals surface area (Å²) in [4.78, 5) is 25.1. The topological polar surface area (TPSA) is 75.4 Å². The Kier molecular flexibility index (Phi) is 7.55. The maximum Gasteiger partial charge on any atom is 0.248 e. The van der Waals surface area contributed by atoms with Crippen LogP contribution in [0.2, 0.25) is 0 Å². The van der Waals surface area contributed by atoms with Crippen LogP contribution < -0.4 is 11.1 Å². The number of nitrogens with zero attached hydrogens (tertiary/aromatic N) is 1. The van der Waals surface area contributed by atoms with E-state index in [0.29, 0.717) is 23.6 Å². The van der Waals surface area contributed by atoms with E-state index >= 15 is 0 Å². The van der Waals surface area contributed by atoms with Gasteiger partial charge in [0.2, 0.25) is 5.91 Å². The number of Topliss-reactive ketones (excluding diaryl/α,β-unsaturated/α-hetero) is 1. The third-order valence-corrected chi connectivity index (χ3v) is 4.93. The molecule has 1 aliphatic rings. The molecule has 1 aliphatic heterocycles. The molecule has 27 heavy (non-hydrogen) atoms. The van der Waals surface area contributed by atoms with E-state index in [1.165, 1.54) is 37.5 Å². The molecule has 1 fully saturated rings. The van der Waals surface area contributed by atoms with Gasteiger partial charge in [-0.2, -0.15) is 0 Å². The quantitative estimate of drug-likeness (QED) is 0.547. The van der Waals surface area contributed by atoms with Crippen LogP contribution in [0.3, 0.4) is 0 Å². The molecule has 0 aliphatic carbocycles. The first-order valence-corrected chi connectivity index (χ1v) is 9.27. The number of amides is 1. The number of piperidine rings is 1. The molecule has 3 N–H and O–H groups in total. The first-order chi connectivity index (χ1) is 12.9. The number of carbonyl (C=O) groups is 2. The Morgan fingerprint density at radius 1 is 1.22 bits per heavy atom. The van der Waals surface area contributed by atoms with E-state index in [2.05, 4.69) is 48.1 Å². The fraction of sp³-hybridized carbons (Fsp3) is 0.364. The minimum absolute atomic E-state index is 0.141. The Morgan fingerprint density at radius 2 is 1.85 bits per heavy atom. The lowest BCUT2D eigenvalue weighted by Gasteiger charge is -2.29. The zero-order valence-electron chi connectivity index (χ0n) is 16.2. The minimum Gasteiger partial charge on any atom is -0.382 e. The van der Waals surface area contributed by atoms with Crippen molar-refractivity contribution in [3.8, 4) is 0 Å². The van der Waals surface area contributed by atoms with Crippen LogP contribution in [-0.4, -0.2) is 43.3 Å². The monoisotopic (exact) mass is 367 g/mol. The van der Waals surface area contributed by atoms with E-state index in [1.54, 1.807) is 6.08 Å². The van der Waals surface area contributed by atoms with Gasteiger partial charge in [-0.15, -0.1) is 0 Å². The van der Waals surface area contributed by atoms with Crippen LogP contribution in [0.15, 0.2) is 60.2 Å². The summed E-state index contributed by atoms with van der Waals surface area (Å²) >= 11 is 0. The van der Waals surface area contributed by atoms with Crippen LogP contribution in [0.25, 0.3) is 0 Å². The summed E-state index contributed by atoms with van der Waals surface area (Å²) in [6, 6.07) is 8.49. The van der Waals surface area contributed by atoms with Crippen molar-refractivity contribution >= 4 is 17.4 Å². The average Bonchev–Trinajstić information content (AvgIpc) is 2.65. The molecule has 0 bridgehead atoms. The number of allylic oxidation sites excluding steroid dienone is 2. The summed E-state index contributed by atoms with van der Waals surface area (Å²) < 4.78 is 0. The van der Waals surface area contributed by atoms with E-state index < -0.39 is 5.91 Å². The first kappa shape index (κ1) is 20.6. The zero-order chi connectivity index (χ0) is 19.8. The number of nitrogens with one attached hydrogen (secondary N) is 1. The molecule has 0 unspecified atom stereocenters. The van der Waals surface area contributed by atoms with Crippen LogP contribution in [0.4, 0.5) is 5.69 Å². The lowest BCUT2D eigenvalue weighted by molar-refractivity contribution is -0.114. The van der Waals surface area contributed by atoms with Crippen molar-refractivity contribution in [3.05, 3.63) is 65.8 Å². The Labute approximate surface area is 161 Å². The number of anilines is 1. The molecular formula is C22H29N3O2. The molecule has 0 saturated carbocycles. The number of hydrogen-bond donors (Lipinski definition) is 2. The van der Waals surface area contributed by atoms with Crippen molar-refractivity contribution < 1.29 is 9.59 Å². The number of carbonyl (C=O) groups excluding carboxylic acids is 2. The van der Waals surface area contributed by atoms with E-state index in [0.717, 1.165) is 18.8 Å². The van der Waals surface area contributed by atoms with E-state index in [4.69, 9.17) is 5.73 Å². The second-order valence-corrected chi connectivity index (χ2v) is 7.02. The number of hydrogen-bond acceptors (Lipinski definition) is 4. The molecule has 5 heteroatoms. The standard InChI is InChI=1S/C22H29N3O2/c1-16(17(2)26)4-5-20(22(23)27)10-13-24-21-8-6-18(7-9-21)19-11-14-25(3)15-12-19/h4-10,19,24H,1,11-15H2,2-3H3,(H2,23,27)/b5-4-,20-10+.